The van der Waals surface area contributed by atoms with Crippen LogP contribution in [-0.2, 0) is 11.3 Å². The number of rotatable bonds is 5. The van der Waals surface area contributed by atoms with Crippen molar-refractivity contribution in [1.29, 1.82) is 0 Å². The number of piperidine rings is 1. The van der Waals surface area contributed by atoms with Gasteiger partial charge >= 0.3 is 0 Å². The quantitative estimate of drug-likeness (QED) is 0.867. The van der Waals surface area contributed by atoms with Crippen LogP contribution in [0.1, 0.15) is 24.8 Å². The molecular weight excluding hydrogens is 323 g/mol. The van der Waals surface area contributed by atoms with E-state index in [0.29, 0.717) is 13.0 Å². The third-order valence-electron chi connectivity index (χ3n) is 4.41. The highest BCUT2D eigenvalue weighted by Crippen LogP contribution is 2.23. The van der Waals surface area contributed by atoms with Gasteiger partial charge in [0.2, 0.25) is 5.91 Å². The van der Waals surface area contributed by atoms with Crippen molar-refractivity contribution < 1.29 is 9.18 Å². The molecule has 1 amide bonds. The van der Waals surface area contributed by atoms with Gasteiger partial charge in [-0.15, -0.1) is 0 Å². The Labute approximate surface area is 145 Å². The number of amides is 1. The number of benzene rings is 1. The molecule has 2 heterocycles. The molecule has 3 rings (SSSR count). The smallest absolute Gasteiger partial charge is 0.266 e. The Morgan fingerprint density at radius 3 is 2.92 bits per heavy atom. The monoisotopic (exact) mass is 344 g/mol. The average molecular weight is 344 g/mol. The molecule has 0 bridgehead atoms. The number of nitrogens with zero attached hydrogens (tertiary/aromatic N) is 2. The first-order valence-corrected chi connectivity index (χ1v) is 8.41. The van der Waals surface area contributed by atoms with Gasteiger partial charge in [0.15, 0.2) is 0 Å². The summed E-state index contributed by atoms with van der Waals surface area (Å²) in [6.07, 6.45) is 4.03. The summed E-state index contributed by atoms with van der Waals surface area (Å²) in [4.78, 5) is 25.7. The van der Waals surface area contributed by atoms with Crippen molar-refractivity contribution in [3.63, 3.8) is 0 Å². The van der Waals surface area contributed by atoms with Crippen LogP contribution in [-0.4, -0.2) is 29.2 Å². The molecule has 1 aromatic heterocycles. The molecule has 132 valence electrons. The van der Waals surface area contributed by atoms with Crippen molar-refractivity contribution in [3.8, 4) is 0 Å². The Morgan fingerprint density at radius 1 is 1.36 bits per heavy atom. The molecule has 1 atom stereocenters. The lowest BCUT2D eigenvalue weighted by Crippen LogP contribution is -2.38. The maximum Gasteiger partial charge on any atom is 0.266 e. The van der Waals surface area contributed by atoms with E-state index >= 15 is 0 Å². The highest BCUT2D eigenvalue weighted by molar-refractivity contribution is 5.76. The zero-order valence-corrected chi connectivity index (χ0v) is 13.9. The van der Waals surface area contributed by atoms with Crippen LogP contribution >= 0.6 is 0 Å². The minimum atomic E-state index is -0.286. The Hall–Kier alpha value is -2.70. The second kappa shape index (κ2) is 7.92. The van der Waals surface area contributed by atoms with E-state index in [1.54, 1.807) is 18.3 Å². The molecule has 25 heavy (non-hydrogen) atoms. The molecule has 1 unspecified atom stereocenters. The number of aromatic amines is 1. The van der Waals surface area contributed by atoms with E-state index in [-0.39, 0.29) is 23.2 Å². The van der Waals surface area contributed by atoms with Gasteiger partial charge < -0.3 is 10.2 Å². The van der Waals surface area contributed by atoms with Crippen molar-refractivity contribution in [2.45, 2.75) is 25.8 Å². The van der Waals surface area contributed by atoms with E-state index in [4.69, 9.17) is 0 Å². The fourth-order valence-corrected chi connectivity index (χ4v) is 3.14. The van der Waals surface area contributed by atoms with Gasteiger partial charge in [-0.1, -0.05) is 12.1 Å². The number of hydrogen-bond donors (Lipinski definition) is 2. The van der Waals surface area contributed by atoms with Crippen LogP contribution in [0.3, 0.4) is 0 Å². The molecule has 0 aliphatic carbocycles. The largest absolute Gasteiger partial charge is 0.370 e. The summed E-state index contributed by atoms with van der Waals surface area (Å²) >= 11 is 0. The summed E-state index contributed by atoms with van der Waals surface area (Å²) in [6, 6.07) is 7.63. The lowest BCUT2D eigenvalue weighted by atomic mass is 9.94. The van der Waals surface area contributed by atoms with Crippen molar-refractivity contribution in [1.82, 2.24) is 15.5 Å². The number of H-pyrrole nitrogens is 1. The summed E-state index contributed by atoms with van der Waals surface area (Å²) < 4.78 is 12.9. The number of carbonyl (C=O) groups excluding carboxylic acids is 1. The van der Waals surface area contributed by atoms with E-state index in [9.17, 15) is 14.0 Å². The van der Waals surface area contributed by atoms with Crippen LogP contribution in [0.4, 0.5) is 10.1 Å². The van der Waals surface area contributed by atoms with Gasteiger partial charge in [-0.3, -0.25) is 9.59 Å². The van der Waals surface area contributed by atoms with Gasteiger partial charge in [0.05, 0.1) is 11.9 Å². The Morgan fingerprint density at radius 2 is 2.16 bits per heavy atom. The van der Waals surface area contributed by atoms with Crippen LogP contribution in [0.25, 0.3) is 0 Å². The standard InChI is InChI=1S/C18H21FN4O2/c19-15-5-3-13(4-6-15)10-20-17(24)8-14-2-1-7-23(12-14)16-9-18(25)22-21-11-16/h3-6,9,11,14H,1-2,7-8,10,12H2,(H,20,24)(H,22,25). The molecule has 0 spiro atoms. The summed E-state index contributed by atoms with van der Waals surface area (Å²) in [6.45, 7) is 1.99. The van der Waals surface area contributed by atoms with Crippen LogP contribution in [0.5, 0.6) is 0 Å². The van der Waals surface area contributed by atoms with Gasteiger partial charge in [0, 0.05) is 32.1 Å². The number of anilines is 1. The maximum atomic E-state index is 12.9. The molecule has 1 fully saturated rings. The van der Waals surface area contributed by atoms with Crippen molar-refractivity contribution >= 4 is 11.6 Å². The summed E-state index contributed by atoms with van der Waals surface area (Å²) in [5.74, 6) is -0.0620. The van der Waals surface area contributed by atoms with Crippen molar-refractivity contribution in [2.24, 2.45) is 5.92 Å². The van der Waals surface area contributed by atoms with Gasteiger partial charge in [-0.05, 0) is 36.5 Å². The topological polar surface area (TPSA) is 78.1 Å². The highest BCUT2D eigenvalue weighted by atomic mass is 19.1. The second-order valence-corrected chi connectivity index (χ2v) is 6.37. The molecule has 2 N–H and O–H groups in total. The number of halogens is 1. The minimum absolute atomic E-state index is 0.0137. The van der Waals surface area contributed by atoms with E-state index in [1.807, 2.05) is 0 Å². The first-order chi connectivity index (χ1) is 12.1. The predicted molar refractivity (Wildman–Crippen MR) is 92.7 cm³/mol. The SMILES string of the molecule is O=C(CC1CCCN(c2cn[nH]c(=O)c2)C1)NCc1ccc(F)cc1. The van der Waals surface area contributed by atoms with Crippen molar-refractivity contribution in [3.05, 3.63) is 58.3 Å². The average Bonchev–Trinajstić information content (AvgIpc) is 2.61. The van der Waals surface area contributed by atoms with Crippen LogP contribution in [0, 0.1) is 11.7 Å². The molecule has 0 radical (unpaired) electrons. The first kappa shape index (κ1) is 17.1. The number of hydrogen-bond acceptors (Lipinski definition) is 4. The Kier molecular flexibility index (Phi) is 5.42. The third kappa shape index (κ3) is 4.89. The van der Waals surface area contributed by atoms with Crippen molar-refractivity contribution in [2.75, 3.05) is 18.0 Å². The maximum absolute atomic E-state index is 12.9. The fourth-order valence-electron chi connectivity index (χ4n) is 3.14. The lowest BCUT2D eigenvalue weighted by Gasteiger charge is -2.33. The third-order valence-corrected chi connectivity index (χ3v) is 4.41. The first-order valence-electron chi connectivity index (χ1n) is 8.41. The lowest BCUT2D eigenvalue weighted by molar-refractivity contribution is -0.122. The second-order valence-electron chi connectivity index (χ2n) is 6.37. The van der Waals surface area contributed by atoms with Gasteiger partial charge in [0.25, 0.3) is 5.56 Å². The van der Waals surface area contributed by atoms with E-state index < -0.39 is 0 Å². The molecule has 1 aromatic carbocycles. The predicted octanol–water partition coefficient (Wildman–Crippen LogP) is 1.83. The number of carbonyl (C=O) groups is 1. The fraction of sp³-hybridized carbons (Fsp3) is 0.389. The molecule has 0 saturated carbocycles. The van der Waals surface area contributed by atoms with Gasteiger partial charge in [-0.25, -0.2) is 9.49 Å². The van der Waals surface area contributed by atoms with E-state index in [2.05, 4.69) is 20.4 Å². The number of nitrogens with one attached hydrogen (secondary N) is 2. The number of aromatic nitrogens is 2. The van der Waals surface area contributed by atoms with E-state index in [0.717, 1.165) is 37.2 Å². The normalized spacial score (nSPS) is 17.3. The van der Waals surface area contributed by atoms with Crippen LogP contribution < -0.4 is 15.8 Å². The summed E-state index contributed by atoms with van der Waals surface area (Å²) in [7, 11) is 0. The molecule has 1 aliphatic heterocycles. The Balaban J connectivity index is 1.51. The molecule has 7 heteroatoms. The van der Waals surface area contributed by atoms with Gasteiger partial charge in [-0.2, -0.15) is 5.10 Å². The van der Waals surface area contributed by atoms with E-state index in [1.165, 1.54) is 18.2 Å². The zero-order chi connectivity index (χ0) is 17.6. The van der Waals surface area contributed by atoms with Gasteiger partial charge in [0.1, 0.15) is 5.82 Å². The van der Waals surface area contributed by atoms with Crippen LogP contribution in [0.2, 0.25) is 0 Å². The molecule has 6 nitrogen and oxygen atoms in total. The summed E-state index contributed by atoms with van der Waals surface area (Å²) in [5, 5.41) is 9.08. The molecule has 1 aliphatic rings. The molecule has 2 aromatic rings. The summed E-state index contributed by atoms with van der Waals surface area (Å²) in [5.41, 5.74) is 1.44. The highest BCUT2D eigenvalue weighted by Gasteiger charge is 2.22. The molecule has 1 saturated heterocycles. The zero-order valence-electron chi connectivity index (χ0n) is 13.9. The Bertz CT molecular complexity index is 775. The molecular formula is C18H21FN4O2. The minimum Gasteiger partial charge on any atom is -0.370 e. The van der Waals surface area contributed by atoms with Crippen LogP contribution in [0.15, 0.2) is 41.3 Å².